The van der Waals surface area contributed by atoms with E-state index >= 15 is 0 Å². The van der Waals surface area contributed by atoms with Gasteiger partial charge in [-0.25, -0.2) is 4.98 Å². The third kappa shape index (κ3) is 5.07. The molecule has 3 amide bonds. The van der Waals surface area contributed by atoms with Gasteiger partial charge in [0.15, 0.2) is 0 Å². The topological polar surface area (TPSA) is 94.0 Å². The van der Waals surface area contributed by atoms with Gasteiger partial charge in [-0.3, -0.25) is 14.4 Å². The van der Waals surface area contributed by atoms with Gasteiger partial charge < -0.3 is 19.8 Å². The monoisotopic (exact) mass is 658 g/mol. The number of likely N-dealkylation sites (tertiary alicyclic amines) is 1. The lowest BCUT2D eigenvalue weighted by Gasteiger charge is -2.52. The number of piperazine rings is 1. The maximum atomic E-state index is 14.1. The molecule has 0 spiro atoms. The van der Waals surface area contributed by atoms with E-state index in [1.807, 2.05) is 47.1 Å². The Hall–Kier alpha value is -4.22. The molecule has 2 saturated carbocycles. The summed E-state index contributed by atoms with van der Waals surface area (Å²) in [7, 11) is 0. The summed E-state index contributed by atoms with van der Waals surface area (Å²) >= 11 is 0. The van der Waals surface area contributed by atoms with Crippen molar-refractivity contribution in [1.29, 1.82) is 0 Å². The molecule has 1 N–H and O–H groups in total. The normalized spacial score (nSPS) is 30.8. The van der Waals surface area contributed by atoms with Gasteiger partial charge >= 0.3 is 0 Å². The first-order valence-electron chi connectivity index (χ1n) is 18.2. The third-order valence-corrected chi connectivity index (χ3v) is 13.2. The summed E-state index contributed by atoms with van der Waals surface area (Å²) in [6.45, 7) is 6.60. The number of pyridine rings is 1. The van der Waals surface area contributed by atoms with E-state index in [1.165, 1.54) is 11.1 Å². The fraction of sp³-hybridized carbons (Fsp3) is 0.512. The largest absolute Gasteiger partial charge is 0.377 e. The number of amides is 3. The first kappa shape index (κ1) is 32.0. The number of hydrogen-bond acceptors (Lipinski definition) is 5. The molecular weight excluding hydrogens is 612 g/mol. The minimum Gasteiger partial charge on any atom is -0.377 e. The molecule has 2 saturated heterocycles. The average molecular weight is 659 g/mol. The van der Waals surface area contributed by atoms with Gasteiger partial charge in [0.2, 0.25) is 5.91 Å². The SMILES string of the molecule is C#C[C@]1(O)CC[C@H]2[C@@H]3CCc4cc(C)c(C(=O)N5CCN(C(=O)[C@@H]6CCCN6C(=O)c6ccc7ccccc7n6)CC5)cc4[C@H]3CC[C@@]21C. The molecule has 49 heavy (non-hydrogen) atoms. The molecule has 0 radical (unpaired) electrons. The van der Waals surface area contributed by atoms with Gasteiger partial charge in [-0.2, -0.15) is 0 Å². The summed E-state index contributed by atoms with van der Waals surface area (Å²) in [5.41, 5.74) is 4.27. The highest BCUT2D eigenvalue weighted by Gasteiger charge is 2.61. The zero-order valence-electron chi connectivity index (χ0n) is 28.7. The Labute approximate surface area is 288 Å². The van der Waals surface area contributed by atoms with Crippen molar-refractivity contribution in [3.05, 3.63) is 76.5 Å². The molecule has 8 heteroatoms. The van der Waals surface area contributed by atoms with Crippen molar-refractivity contribution in [1.82, 2.24) is 19.7 Å². The van der Waals surface area contributed by atoms with Crippen LogP contribution in [0, 0.1) is 36.5 Å². The second-order valence-corrected chi connectivity index (χ2v) is 15.4. The number of hydrogen-bond donors (Lipinski definition) is 1. The molecule has 0 bridgehead atoms. The molecule has 8 rings (SSSR count). The third-order valence-electron chi connectivity index (χ3n) is 13.2. The highest BCUT2D eigenvalue weighted by atomic mass is 16.3. The minimum atomic E-state index is -1.03. The van der Waals surface area contributed by atoms with Gasteiger partial charge in [0.1, 0.15) is 17.3 Å². The van der Waals surface area contributed by atoms with E-state index in [2.05, 4.69) is 30.0 Å². The second kappa shape index (κ2) is 12.0. The zero-order chi connectivity index (χ0) is 34.1. The maximum absolute atomic E-state index is 14.1. The number of carbonyl (C=O) groups excluding carboxylic acids is 3. The van der Waals surface area contributed by atoms with Crippen LogP contribution >= 0.6 is 0 Å². The number of fused-ring (bicyclic) bond motifs is 6. The van der Waals surface area contributed by atoms with Gasteiger partial charge in [-0.1, -0.05) is 43.2 Å². The number of aromatic nitrogens is 1. The van der Waals surface area contributed by atoms with Gasteiger partial charge in [-0.05, 0) is 111 Å². The molecular formula is C41H46N4O4. The van der Waals surface area contributed by atoms with Crippen LogP contribution in [-0.2, 0) is 11.2 Å². The number of nitrogens with zero attached hydrogens (tertiary/aromatic N) is 4. The van der Waals surface area contributed by atoms with Crippen LogP contribution in [0.25, 0.3) is 10.9 Å². The Morgan fingerprint density at radius 2 is 1.69 bits per heavy atom. The van der Waals surface area contributed by atoms with Crippen molar-refractivity contribution < 1.29 is 19.5 Å². The molecule has 254 valence electrons. The van der Waals surface area contributed by atoms with Crippen molar-refractivity contribution in [3.63, 3.8) is 0 Å². The number of rotatable bonds is 3. The van der Waals surface area contributed by atoms with Crippen LogP contribution in [0.1, 0.15) is 95.3 Å². The van der Waals surface area contributed by atoms with E-state index in [4.69, 9.17) is 6.42 Å². The van der Waals surface area contributed by atoms with Gasteiger partial charge in [0, 0.05) is 49.1 Å². The van der Waals surface area contributed by atoms with Crippen LogP contribution < -0.4 is 0 Å². The predicted octanol–water partition coefficient (Wildman–Crippen LogP) is 5.35. The minimum absolute atomic E-state index is 0.0257. The van der Waals surface area contributed by atoms with Crippen LogP contribution in [0.3, 0.4) is 0 Å². The van der Waals surface area contributed by atoms with E-state index < -0.39 is 11.6 Å². The van der Waals surface area contributed by atoms with Crippen molar-refractivity contribution in [2.45, 2.75) is 82.8 Å². The lowest BCUT2D eigenvalue weighted by molar-refractivity contribution is -0.136. The Kier molecular flexibility index (Phi) is 7.83. The van der Waals surface area contributed by atoms with Crippen molar-refractivity contribution in [2.75, 3.05) is 32.7 Å². The highest BCUT2D eigenvalue weighted by Crippen LogP contribution is 2.64. The van der Waals surface area contributed by atoms with Crippen molar-refractivity contribution in [2.24, 2.45) is 17.3 Å². The first-order chi connectivity index (χ1) is 23.6. The quantitative estimate of drug-likeness (QED) is 0.383. The standard InChI is InChI=1S/C41H46N4O4/c1-4-41(49)18-16-33-30-13-11-28-24-26(2)31(25-32(28)29(30)15-17-40(33,41)3)37(46)43-20-22-44(23-21-43)39(48)36-10-7-19-45(36)38(47)35-14-12-27-8-5-6-9-34(27)42-35/h1,5-6,8-9,12,14,24-25,29-30,33,36,49H,7,10-11,13,15-23H2,2-3H3/t29-,30+,33-,36-,40-,41-/m0/s1. The Bertz CT molecular complexity index is 1890. The molecule has 2 aliphatic heterocycles. The number of aryl methyl sites for hydroxylation is 2. The number of para-hydroxylation sites is 1. The number of benzene rings is 2. The van der Waals surface area contributed by atoms with Crippen LogP contribution in [0.2, 0.25) is 0 Å². The summed E-state index contributed by atoms with van der Waals surface area (Å²) in [5.74, 6) is 3.79. The lowest BCUT2D eigenvalue weighted by Crippen LogP contribution is -2.55. The Morgan fingerprint density at radius 1 is 0.918 bits per heavy atom. The second-order valence-electron chi connectivity index (χ2n) is 15.4. The molecule has 1 aromatic heterocycles. The maximum Gasteiger partial charge on any atom is 0.273 e. The van der Waals surface area contributed by atoms with Crippen LogP contribution in [-0.4, -0.2) is 86.9 Å². The summed E-state index contributed by atoms with van der Waals surface area (Å²) in [6.07, 6.45) is 12.9. The molecule has 3 aliphatic carbocycles. The van der Waals surface area contributed by atoms with Crippen LogP contribution in [0.15, 0.2) is 48.5 Å². The number of aliphatic hydroxyl groups is 1. The lowest BCUT2D eigenvalue weighted by atomic mass is 9.53. The molecule has 2 aromatic carbocycles. The van der Waals surface area contributed by atoms with Gasteiger partial charge in [-0.15, -0.1) is 6.42 Å². The fourth-order valence-corrected chi connectivity index (χ4v) is 10.3. The van der Waals surface area contributed by atoms with Crippen molar-refractivity contribution >= 4 is 28.6 Å². The number of terminal acetylenes is 1. The van der Waals surface area contributed by atoms with E-state index in [0.717, 1.165) is 60.6 Å². The summed E-state index contributed by atoms with van der Waals surface area (Å²) in [5, 5.41) is 12.3. The summed E-state index contributed by atoms with van der Waals surface area (Å²) < 4.78 is 0. The zero-order valence-corrected chi connectivity index (χ0v) is 28.7. The number of carbonyl (C=O) groups is 3. The van der Waals surface area contributed by atoms with Crippen LogP contribution in [0.5, 0.6) is 0 Å². The molecule has 4 fully saturated rings. The van der Waals surface area contributed by atoms with Gasteiger partial charge in [0.05, 0.1) is 5.52 Å². The molecule has 5 aliphatic rings. The summed E-state index contributed by atoms with van der Waals surface area (Å²) in [4.78, 5) is 51.4. The van der Waals surface area contributed by atoms with E-state index in [9.17, 15) is 19.5 Å². The average Bonchev–Trinajstić information content (AvgIpc) is 3.73. The molecule has 6 atom stereocenters. The van der Waals surface area contributed by atoms with Gasteiger partial charge in [0.25, 0.3) is 11.8 Å². The Balaban J connectivity index is 0.940. The highest BCUT2D eigenvalue weighted by molar-refractivity contribution is 5.99. The van der Waals surface area contributed by atoms with E-state index in [1.54, 1.807) is 11.0 Å². The van der Waals surface area contributed by atoms with E-state index in [-0.39, 0.29) is 23.1 Å². The molecule has 3 aromatic rings. The Morgan fingerprint density at radius 3 is 2.49 bits per heavy atom. The fourth-order valence-electron chi connectivity index (χ4n) is 10.3. The smallest absolute Gasteiger partial charge is 0.273 e. The van der Waals surface area contributed by atoms with Crippen molar-refractivity contribution in [3.8, 4) is 12.3 Å². The van der Waals surface area contributed by atoms with E-state index in [0.29, 0.717) is 69.0 Å². The first-order valence-corrected chi connectivity index (χ1v) is 18.2. The predicted molar refractivity (Wildman–Crippen MR) is 188 cm³/mol. The molecule has 3 heterocycles. The van der Waals surface area contributed by atoms with Crippen LogP contribution in [0.4, 0.5) is 0 Å². The molecule has 8 nitrogen and oxygen atoms in total. The molecule has 0 unspecified atom stereocenters. The summed E-state index contributed by atoms with van der Waals surface area (Å²) in [6, 6.07) is 15.3.